The van der Waals surface area contributed by atoms with E-state index in [9.17, 15) is 5.11 Å². The lowest BCUT2D eigenvalue weighted by Crippen LogP contribution is -2.59. The van der Waals surface area contributed by atoms with Crippen molar-refractivity contribution in [3.05, 3.63) is 34.9 Å². The van der Waals surface area contributed by atoms with E-state index in [1.54, 1.807) is 5.37 Å². The molecular weight excluding hydrogens is 341 g/mol. The Bertz CT molecular complexity index is 613. The van der Waals surface area contributed by atoms with E-state index in [0.29, 0.717) is 17.9 Å². The number of halogens is 2. The Morgan fingerprint density at radius 1 is 1.41 bits per heavy atom. The smallest absolute Gasteiger partial charge is 0.157 e. The SMILES string of the molecule is OC(Cc1ccccc1Cl)(CC1(C=S)NC=NN1)C1(Cl)CC1. The van der Waals surface area contributed by atoms with Gasteiger partial charge in [0, 0.05) is 23.2 Å². The molecule has 0 radical (unpaired) electrons. The van der Waals surface area contributed by atoms with Crippen molar-refractivity contribution in [1.82, 2.24) is 10.7 Å². The number of nitrogens with one attached hydrogen (secondary N) is 2. The van der Waals surface area contributed by atoms with E-state index in [0.717, 1.165) is 18.4 Å². The van der Waals surface area contributed by atoms with Crippen molar-refractivity contribution in [3.63, 3.8) is 0 Å². The molecule has 0 amide bonds. The second kappa shape index (κ2) is 5.64. The van der Waals surface area contributed by atoms with E-state index >= 15 is 0 Å². The average Bonchev–Trinajstić information content (AvgIpc) is 3.10. The molecular formula is C15H17Cl2N3OS. The Labute approximate surface area is 144 Å². The maximum Gasteiger partial charge on any atom is 0.157 e. The molecule has 0 spiro atoms. The van der Waals surface area contributed by atoms with Gasteiger partial charge in [-0.1, -0.05) is 42.0 Å². The molecule has 3 N–H and O–H groups in total. The Morgan fingerprint density at radius 3 is 2.68 bits per heavy atom. The summed E-state index contributed by atoms with van der Waals surface area (Å²) in [5, 5.41) is 20.5. The quantitative estimate of drug-likeness (QED) is 0.541. The minimum atomic E-state index is -1.15. The summed E-state index contributed by atoms with van der Waals surface area (Å²) in [6.07, 6.45) is 3.74. The van der Waals surface area contributed by atoms with E-state index < -0.39 is 16.1 Å². The van der Waals surface area contributed by atoms with E-state index in [4.69, 9.17) is 35.4 Å². The second-order valence-electron chi connectivity index (χ2n) is 6.05. The lowest BCUT2D eigenvalue weighted by atomic mass is 9.81. The number of benzene rings is 1. The Kier molecular flexibility index (Phi) is 4.10. The minimum absolute atomic E-state index is 0.304. The number of rotatable bonds is 6. The molecule has 0 saturated heterocycles. The van der Waals surface area contributed by atoms with Crippen LogP contribution in [0.1, 0.15) is 24.8 Å². The van der Waals surface area contributed by atoms with Crippen molar-refractivity contribution in [2.24, 2.45) is 5.10 Å². The van der Waals surface area contributed by atoms with Crippen molar-refractivity contribution in [3.8, 4) is 0 Å². The predicted molar refractivity (Wildman–Crippen MR) is 93.7 cm³/mol. The van der Waals surface area contributed by atoms with Crippen LogP contribution in [-0.4, -0.2) is 33.0 Å². The van der Waals surface area contributed by atoms with Gasteiger partial charge >= 0.3 is 0 Å². The predicted octanol–water partition coefficient (Wildman–Crippen LogP) is 2.61. The molecule has 2 atom stereocenters. The van der Waals surface area contributed by atoms with E-state index in [-0.39, 0.29) is 0 Å². The van der Waals surface area contributed by atoms with Crippen LogP contribution in [0.25, 0.3) is 0 Å². The summed E-state index contributed by atoms with van der Waals surface area (Å²) in [6, 6.07) is 7.49. The zero-order valence-corrected chi connectivity index (χ0v) is 14.2. The van der Waals surface area contributed by atoms with Crippen LogP contribution in [0.4, 0.5) is 0 Å². The summed E-state index contributed by atoms with van der Waals surface area (Å²) in [5.74, 6) is 0. The summed E-state index contributed by atoms with van der Waals surface area (Å²) in [6.45, 7) is 0. The highest BCUT2D eigenvalue weighted by atomic mass is 35.5. The third kappa shape index (κ3) is 2.83. The van der Waals surface area contributed by atoms with Gasteiger partial charge in [-0.25, -0.2) is 0 Å². The molecule has 1 aromatic carbocycles. The van der Waals surface area contributed by atoms with Crippen molar-refractivity contribution < 1.29 is 5.11 Å². The third-order valence-electron chi connectivity index (χ3n) is 4.39. The largest absolute Gasteiger partial charge is 0.388 e. The average molecular weight is 358 g/mol. The topological polar surface area (TPSA) is 56.6 Å². The van der Waals surface area contributed by atoms with Crippen LogP contribution < -0.4 is 10.7 Å². The number of alkyl halides is 1. The fourth-order valence-corrected chi connectivity index (χ4v) is 3.53. The molecule has 118 valence electrons. The highest BCUT2D eigenvalue weighted by Crippen LogP contribution is 2.54. The molecule has 0 bridgehead atoms. The molecule has 22 heavy (non-hydrogen) atoms. The third-order valence-corrected chi connectivity index (χ3v) is 5.89. The fraction of sp³-hybridized carbons (Fsp3) is 0.467. The van der Waals surface area contributed by atoms with E-state index in [2.05, 4.69) is 15.8 Å². The van der Waals surface area contributed by atoms with E-state index in [1.165, 1.54) is 6.34 Å². The van der Waals surface area contributed by atoms with Gasteiger partial charge in [-0.05, 0) is 24.5 Å². The zero-order valence-electron chi connectivity index (χ0n) is 11.9. The Hall–Kier alpha value is -0.880. The van der Waals surface area contributed by atoms with Crippen LogP contribution in [-0.2, 0) is 6.42 Å². The molecule has 1 aromatic rings. The molecule has 1 saturated carbocycles. The fourth-order valence-electron chi connectivity index (χ4n) is 2.89. The number of hydrazone groups is 1. The summed E-state index contributed by atoms with van der Waals surface area (Å²) in [7, 11) is 0. The standard InChI is InChI=1S/C15H17Cl2N3OS/c16-12-4-2-1-3-11(12)7-14(21,13(17)5-6-13)8-15(9-22)18-10-19-20-15/h1-4,9-10,20-21H,5-8H2,(H,18,19). The Morgan fingerprint density at radius 2 is 2.14 bits per heavy atom. The van der Waals surface area contributed by atoms with Gasteiger partial charge in [-0.15, -0.1) is 11.6 Å². The van der Waals surface area contributed by atoms with Crippen molar-refractivity contribution >= 4 is 47.1 Å². The maximum absolute atomic E-state index is 11.4. The molecule has 2 aliphatic rings. The van der Waals surface area contributed by atoms with Gasteiger partial charge in [-0.3, -0.25) is 5.43 Å². The number of nitrogens with zero attached hydrogens (tertiary/aromatic N) is 1. The van der Waals surface area contributed by atoms with Crippen molar-refractivity contribution in [2.45, 2.75) is 41.8 Å². The zero-order chi connectivity index (χ0) is 15.8. The number of aliphatic hydroxyl groups is 1. The van der Waals surface area contributed by atoms with E-state index in [1.807, 2.05) is 24.3 Å². The van der Waals surface area contributed by atoms with Gasteiger partial charge in [-0.2, -0.15) is 5.10 Å². The molecule has 1 aliphatic carbocycles. The van der Waals surface area contributed by atoms with Gasteiger partial charge in [0.15, 0.2) is 5.66 Å². The first kappa shape index (κ1) is 16.0. The Balaban J connectivity index is 1.89. The highest BCUT2D eigenvalue weighted by Gasteiger charge is 2.60. The van der Waals surface area contributed by atoms with Crippen LogP contribution >= 0.6 is 35.4 Å². The van der Waals surface area contributed by atoms with Crippen LogP contribution in [0.3, 0.4) is 0 Å². The summed E-state index contributed by atoms with van der Waals surface area (Å²) >= 11 is 18.0. The van der Waals surface area contributed by atoms with Gasteiger partial charge in [0.2, 0.25) is 0 Å². The highest BCUT2D eigenvalue weighted by molar-refractivity contribution is 7.79. The molecule has 1 heterocycles. The van der Waals surface area contributed by atoms with Gasteiger partial charge < -0.3 is 10.4 Å². The lowest BCUT2D eigenvalue weighted by Gasteiger charge is -2.39. The monoisotopic (exact) mass is 357 g/mol. The summed E-state index contributed by atoms with van der Waals surface area (Å²) in [5.41, 5.74) is 1.88. The minimum Gasteiger partial charge on any atom is -0.388 e. The van der Waals surface area contributed by atoms with Crippen molar-refractivity contribution in [2.75, 3.05) is 0 Å². The number of thiocarbonyl (C=S) groups is 1. The van der Waals surface area contributed by atoms with Crippen LogP contribution in [0.5, 0.6) is 0 Å². The number of hydrogen-bond acceptors (Lipinski definition) is 5. The van der Waals surface area contributed by atoms with Gasteiger partial charge in [0.05, 0.1) is 10.5 Å². The maximum atomic E-state index is 11.4. The van der Waals surface area contributed by atoms with Crippen LogP contribution in [0.2, 0.25) is 5.02 Å². The summed E-state index contributed by atoms with van der Waals surface area (Å²) < 4.78 is 0. The molecule has 3 rings (SSSR count). The first-order chi connectivity index (χ1) is 10.4. The van der Waals surface area contributed by atoms with Gasteiger partial charge in [0.25, 0.3) is 0 Å². The second-order valence-corrected chi connectivity index (χ2v) is 7.41. The normalized spacial score (nSPS) is 27.6. The van der Waals surface area contributed by atoms with Crippen molar-refractivity contribution in [1.29, 1.82) is 0 Å². The molecule has 1 aliphatic heterocycles. The van der Waals surface area contributed by atoms with Crippen LogP contribution in [0, 0.1) is 0 Å². The molecule has 1 fully saturated rings. The number of hydrogen-bond donors (Lipinski definition) is 3. The first-order valence-corrected chi connectivity index (χ1v) is 8.32. The molecule has 2 unspecified atom stereocenters. The molecule has 4 nitrogen and oxygen atoms in total. The van der Waals surface area contributed by atoms with Crippen LogP contribution in [0.15, 0.2) is 29.4 Å². The molecule has 0 aromatic heterocycles. The molecule has 7 heteroatoms. The lowest BCUT2D eigenvalue weighted by molar-refractivity contribution is 0.00277. The van der Waals surface area contributed by atoms with Gasteiger partial charge in [0.1, 0.15) is 6.34 Å². The first-order valence-electron chi connectivity index (χ1n) is 7.10. The summed E-state index contributed by atoms with van der Waals surface area (Å²) in [4.78, 5) is -0.649.